The Balaban J connectivity index is 2.94. The lowest BCUT2D eigenvalue weighted by atomic mass is 10.3. The summed E-state index contributed by atoms with van der Waals surface area (Å²) in [5.74, 6) is 0. The predicted octanol–water partition coefficient (Wildman–Crippen LogP) is 1.80. The van der Waals surface area contributed by atoms with Gasteiger partial charge in [0, 0.05) is 23.3 Å². The van der Waals surface area contributed by atoms with Crippen molar-refractivity contribution in [1.29, 1.82) is 0 Å². The van der Waals surface area contributed by atoms with Crippen molar-refractivity contribution < 1.29 is 9.53 Å². The smallest absolute Gasteiger partial charge is 0.168 e. The van der Waals surface area contributed by atoms with Crippen LogP contribution in [0, 0.1) is 0 Å². The molecule has 0 N–H and O–H groups in total. The second kappa shape index (κ2) is 4.33. The van der Waals surface area contributed by atoms with Crippen LogP contribution in [0.5, 0.6) is 0 Å². The molecule has 0 aromatic carbocycles. The standard InChI is InChI=1S/C8H8BrNO2/c1-12-5-6-3-10-7(4-11)2-8(6)9/h2-4H,5H2,1H3. The molecule has 0 atom stereocenters. The highest BCUT2D eigenvalue weighted by molar-refractivity contribution is 9.10. The van der Waals surface area contributed by atoms with Gasteiger partial charge in [0.1, 0.15) is 5.69 Å². The second-order valence-electron chi connectivity index (χ2n) is 2.25. The van der Waals surface area contributed by atoms with E-state index >= 15 is 0 Å². The highest BCUT2D eigenvalue weighted by Crippen LogP contribution is 2.16. The molecule has 64 valence electrons. The van der Waals surface area contributed by atoms with Gasteiger partial charge >= 0.3 is 0 Å². The number of hydrogen-bond acceptors (Lipinski definition) is 3. The van der Waals surface area contributed by atoms with Crippen LogP contribution < -0.4 is 0 Å². The fraction of sp³-hybridized carbons (Fsp3) is 0.250. The van der Waals surface area contributed by atoms with Gasteiger partial charge in [0.2, 0.25) is 0 Å². The first-order valence-corrected chi connectivity index (χ1v) is 4.15. The summed E-state index contributed by atoms with van der Waals surface area (Å²) in [4.78, 5) is 14.2. The van der Waals surface area contributed by atoms with E-state index in [4.69, 9.17) is 4.74 Å². The van der Waals surface area contributed by atoms with Gasteiger partial charge in [0.15, 0.2) is 6.29 Å². The Labute approximate surface area is 78.9 Å². The van der Waals surface area contributed by atoms with Crippen LogP contribution in [-0.2, 0) is 11.3 Å². The number of hydrogen-bond donors (Lipinski definition) is 0. The number of rotatable bonds is 3. The quantitative estimate of drug-likeness (QED) is 0.743. The van der Waals surface area contributed by atoms with Gasteiger partial charge in [0.25, 0.3) is 0 Å². The number of carbonyl (C=O) groups excluding carboxylic acids is 1. The zero-order chi connectivity index (χ0) is 8.97. The first-order chi connectivity index (χ1) is 5.77. The molecule has 1 aromatic heterocycles. The molecule has 0 saturated carbocycles. The van der Waals surface area contributed by atoms with Gasteiger partial charge in [-0.15, -0.1) is 0 Å². The van der Waals surface area contributed by atoms with Gasteiger partial charge in [-0.25, -0.2) is 0 Å². The third-order valence-electron chi connectivity index (χ3n) is 1.37. The topological polar surface area (TPSA) is 39.2 Å². The Hall–Kier alpha value is -0.740. The van der Waals surface area contributed by atoms with E-state index < -0.39 is 0 Å². The summed E-state index contributed by atoms with van der Waals surface area (Å²) in [5.41, 5.74) is 1.35. The third-order valence-corrected chi connectivity index (χ3v) is 2.11. The van der Waals surface area contributed by atoms with Crippen LogP contribution in [-0.4, -0.2) is 18.4 Å². The van der Waals surface area contributed by atoms with E-state index in [2.05, 4.69) is 20.9 Å². The van der Waals surface area contributed by atoms with Crippen molar-refractivity contribution in [2.24, 2.45) is 0 Å². The summed E-state index contributed by atoms with van der Waals surface area (Å²) in [7, 11) is 1.61. The Bertz CT molecular complexity index is 288. The van der Waals surface area contributed by atoms with Gasteiger partial charge < -0.3 is 4.74 Å². The Morgan fingerprint density at radius 1 is 1.75 bits per heavy atom. The molecule has 0 aliphatic heterocycles. The van der Waals surface area contributed by atoms with Crippen molar-refractivity contribution in [3.8, 4) is 0 Å². The molecule has 0 bridgehead atoms. The lowest BCUT2D eigenvalue weighted by Crippen LogP contribution is -1.93. The number of nitrogens with zero attached hydrogens (tertiary/aromatic N) is 1. The molecule has 0 unspecified atom stereocenters. The van der Waals surface area contributed by atoms with Crippen molar-refractivity contribution in [2.75, 3.05) is 7.11 Å². The zero-order valence-corrected chi connectivity index (χ0v) is 8.17. The lowest BCUT2D eigenvalue weighted by molar-refractivity contribution is 0.111. The number of halogens is 1. The van der Waals surface area contributed by atoms with Gasteiger partial charge in [-0.1, -0.05) is 15.9 Å². The van der Waals surface area contributed by atoms with E-state index in [-0.39, 0.29) is 0 Å². The molecule has 1 rings (SSSR count). The molecule has 0 aliphatic carbocycles. The summed E-state index contributed by atoms with van der Waals surface area (Å²) < 4.78 is 5.77. The summed E-state index contributed by atoms with van der Waals surface area (Å²) in [6.07, 6.45) is 2.33. The molecule has 1 aromatic rings. The summed E-state index contributed by atoms with van der Waals surface area (Å²) >= 11 is 3.31. The fourth-order valence-corrected chi connectivity index (χ4v) is 1.25. The molecular formula is C8H8BrNO2. The van der Waals surface area contributed by atoms with Crippen LogP contribution in [0.3, 0.4) is 0 Å². The largest absolute Gasteiger partial charge is 0.380 e. The Morgan fingerprint density at radius 3 is 3.00 bits per heavy atom. The number of aldehydes is 1. The molecule has 0 radical (unpaired) electrons. The fourth-order valence-electron chi connectivity index (χ4n) is 0.800. The van der Waals surface area contributed by atoms with Crippen molar-refractivity contribution in [3.05, 3.63) is 28.0 Å². The molecular weight excluding hydrogens is 222 g/mol. The monoisotopic (exact) mass is 229 g/mol. The average Bonchev–Trinajstić information content (AvgIpc) is 2.09. The summed E-state index contributed by atoms with van der Waals surface area (Å²) in [5, 5.41) is 0. The van der Waals surface area contributed by atoms with Crippen molar-refractivity contribution in [3.63, 3.8) is 0 Å². The van der Waals surface area contributed by atoms with E-state index in [1.54, 1.807) is 19.4 Å². The van der Waals surface area contributed by atoms with Crippen LogP contribution in [0.25, 0.3) is 0 Å². The molecule has 12 heavy (non-hydrogen) atoms. The maximum Gasteiger partial charge on any atom is 0.168 e. The molecule has 0 spiro atoms. The van der Waals surface area contributed by atoms with Crippen LogP contribution in [0.1, 0.15) is 16.1 Å². The molecule has 4 heteroatoms. The predicted molar refractivity (Wildman–Crippen MR) is 48.0 cm³/mol. The van der Waals surface area contributed by atoms with Crippen LogP contribution >= 0.6 is 15.9 Å². The molecule has 1 heterocycles. The summed E-state index contributed by atoms with van der Waals surface area (Å²) in [6, 6.07) is 1.67. The average molecular weight is 230 g/mol. The number of pyridine rings is 1. The minimum absolute atomic E-state index is 0.418. The first kappa shape index (κ1) is 9.35. The molecule has 0 amide bonds. The van der Waals surface area contributed by atoms with E-state index in [0.717, 1.165) is 10.0 Å². The van der Waals surface area contributed by atoms with Crippen LogP contribution in [0.4, 0.5) is 0 Å². The maximum atomic E-state index is 10.3. The molecule has 3 nitrogen and oxygen atoms in total. The minimum Gasteiger partial charge on any atom is -0.380 e. The number of methoxy groups -OCH3 is 1. The molecule has 0 fully saturated rings. The van der Waals surface area contributed by atoms with Gasteiger partial charge in [-0.05, 0) is 6.07 Å². The summed E-state index contributed by atoms with van der Waals surface area (Å²) in [6.45, 7) is 0.493. The Kier molecular flexibility index (Phi) is 3.37. The normalized spacial score (nSPS) is 9.83. The lowest BCUT2D eigenvalue weighted by Gasteiger charge is -2.01. The van der Waals surface area contributed by atoms with Crippen molar-refractivity contribution >= 4 is 22.2 Å². The van der Waals surface area contributed by atoms with Crippen molar-refractivity contribution in [2.45, 2.75) is 6.61 Å². The molecule has 0 saturated heterocycles. The SMILES string of the molecule is COCc1cnc(C=O)cc1Br. The number of carbonyl (C=O) groups is 1. The molecule has 0 aliphatic rings. The van der Waals surface area contributed by atoms with Gasteiger partial charge in [0.05, 0.1) is 6.61 Å². The first-order valence-electron chi connectivity index (χ1n) is 3.36. The van der Waals surface area contributed by atoms with Crippen LogP contribution in [0.2, 0.25) is 0 Å². The van der Waals surface area contributed by atoms with E-state index in [1.165, 1.54) is 0 Å². The third kappa shape index (κ3) is 2.12. The zero-order valence-electron chi connectivity index (χ0n) is 6.58. The minimum atomic E-state index is 0.418. The second-order valence-corrected chi connectivity index (χ2v) is 3.11. The van der Waals surface area contributed by atoms with E-state index in [9.17, 15) is 4.79 Å². The van der Waals surface area contributed by atoms with Crippen LogP contribution in [0.15, 0.2) is 16.7 Å². The van der Waals surface area contributed by atoms with E-state index in [0.29, 0.717) is 18.6 Å². The van der Waals surface area contributed by atoms with Gasteiger partial charge in [-0.2, -0.15) is 0 Å². The highest BCUT2D eigenvalue weighted by atomic mass is 79.9. The number of ether oxygens (including phenoxy) is 1. The highest BCUT2D eigenvalue weighted by Gasteiger charge is 2.00. The van der Waals surface area contributed by atoms with E-state index in [1.807, 2.05) is 0 Å². The van der Waals surface area contributed by atoms with Gasteiger partial charge in [-0.3, -0.25) is 9.78 Å². The number of aromatic nitrogens is 1. The maximum absolute atomic E-state index is 10.3. The van der Waals surface area contributed by atoms with Crippen molar-refractivity contribution in [1.82, 2.24) is 4.98 Å². The Morgan fingerprint density at radius 2 is 2.50 bits per heavy atom.